The van der Waals surface area contributed by atoms with Gasteiger partial charge < -0.3 is 25.7 Å². The van der Waals surface area contributed by atoms with Crippen molar-refractivity contribution in [3.05, 3.63) is 50.7 Å². The van der Waals surface area contributed by atoms with Crippen LogP contribution in [0.25, 0.3) is 10.9 Å². The zero-order valence-corrected chi connectivity index (χ0v) is 23.7. The molecule has 2 fully saturated rings. The van der Waals surface area contributed by atoms with E-state index in [1.807, 2.05) is 25.8 Å². The van der Waals surface area contributed by atoms with Gasteiger partial charge in [-0.3, -0.25) is 4.79 Å². The molecule has 1 saturated heterocycles. The smallest absolute Gasteiger partial charge is 0.410 e. The van der Waals surface area contributed by atoms with Gasteiger partial charge in [-0.2, -0.15) is 10.2 Å². The van der Waals surface area contributed by atoms with E-state index in [1.54, 1.807) is 34.7 Å². The van der Waals surface area contributed by atoms with Gasteiger partial charge in [0.25, 0.3) is 5.56 Å². The molecule has 13 heteroatoms. The van der Waals surface area contributed by atoms with Gasteiger partial charge in [0.2, 0.25) is 5.95 Å². The number of piperazine rings is 1. The lowest BCUT2D eigenvalue weighted by molar-refractivity contribution is 0.0231. The molecule has 1 aromatic carbocycles. The maximum absolute atomic E-state index is 14.1. The Hall–Kier alpha value is -4.11. The molecular formula is C27H32ClN9O3. The van der Waals surface area contributed by atoms with Gasteiger partial charge in [0, 0.05) is 13.1 Å². The minimum atomic E-state index is -0.606. The molecule has 3 heterocycles. The standard InChI is InChI=1S/C27H32ClN9O3/c1-15-17(14-29)22(34-25(30)31-15)33-21(16-8-9-16)23-32-19-7-5-6-18(28)20(19)24(38)37(23)36-12-10-35(11-13-36)26(39)40-27(2,3)4/h5-7,16,21H,8-13H2,1-4H3,(H3,30,31,33,34). The van der Waals surface area contributed by atoms with E-state index < -0.39 is 17.7 Å². The Morgan fingerprint density at radius 1 is 1.20 bits per heavy atom. The number of hydrogen-bond donors (Lipinski definition) is 2. The molecule has 0 bridgehead atoms. The number of nitrogens with zero attached hydrogens (tertiary/aromatic N) is 7. The summed E-state index contributed by atoms with van der Waals surface area (Å²) < 4.78 is 7.11. The van der Waals surface area contributed by atoms with Crippen molar-refractivity contribution in [2.45, 2.75) is 52.2 Å². The van der Waals surface area contributed by atoms with Crippen LogP contribution in [-0.4, -0.2) is 62.4 Å². The van der Waals surface area contributed by atoms with Gasteiger partial charge >= 0.3 is 6.09 Å². The Morgan fingerprint density at radius 3 is 2.52 bits per heavy atom. The number of halogens is 1. The number of fused-ring (bicyclic) bond motifs is 1. The number of aromatic nitrogens is 4. The van der Waals surface area contributed by atoms with Gasteiger partial charge in [0.1, 0.15) is 23.1 Å². The molecular weight excluding hydrogens is 534 g/mol. The van der Waals surface area contributed by atoms with Crippen LogP contribution in [0.4, 0.5) is 16.6 Å². The van der Waals surface area contributed by atoms with Crippen molar-refractivity contribution >= 4 is 40.4 Å². The van der Waals surface area contributed by atoms with Crippen LogP contribution < -0.4 is 21.6 Å². The number of benzene rings is 1. The first-order valence-electron chi connectivity index (χ1n) is 13.2. The van der Waals surface area contributed by atoms with Crippen LogP contribution in [0.2, 0.25) is 5.02 Å². The minimum Gasteiger partial charge on any atom is -0.444 e. The first-order chi connectivity index (χ1) is 19.0. The van der Waals surface area contributed by atoms with Crippen LogP contribution >= 0.6 is 11.6 Å². The summed E-state index contributed by atoms with van der Waals surface area (Å²) in [4.78, 5) is 41.7. The molecule has 12 nitrogen and oxygen atoms in total. The number of carbonyl (C=O) groups excluding carboxylic acids is 1. The van der Waals surface area contributed by atoms with Gasteiger partial charge in [-0.15, -0.1) is 0 Å². The van der Waals surface area contributed by atoms with Crippen LogP contribution in [0.15, 0.2) is 23.0 Å². The third-order valence-electron chi connectivity index (χ3n) is 6.92. The second-order valence-electron chi connectivity index (χ2n) is 11.1. The highest BCUT2D eigenvalue weighted by atomic mass is 35.5. The van der Waals surface area contributed by atoms with Crippen molar-refractivity contribution in [1.29, 1.82) is 5.26 Å². The summed E-state index contributed by atoms with van der Waals surface area (Å²) in [5.41, 5.74) is 6.23. The third kappa shape index (κ3) is 5.47. The SMILES string of the molecule is Cc1nc(N)nc(NC(c2nc3cccc(Cl)c3c(=O)n2N2CCN(C(=O)OC(C)(C)C)CC2)C2CC2)c1C#N. The number of nitrogens with two attached hydrogens (primary N) is 1. The molecule has 3 aromatic rings. The molecule has 1 saturated carbocycles. The fourth-order valence-corrected chi connectivity index (χ4v) is 5.13. The fourth-order valence-electron chi connectivity index (χ4n) is 4.88. The topological polar surface area (TPSA) is 155 Å². The molecule has 1 aliphatic carbocycles. The van der Waals surface area contributed by atoms with Crippen molar-refractivity contribution in [2.75, 3.05) is 42.2 Å². The number of rotatable bonds is 5. The fraction of sp³-hybridized carbons (Fsp3) is 0.481. The van der Waals surface area contributed by atoms with E-state index in [0.29, 0.717) is 59.4 Å². The maximum Gasteiger partial charge on any atom is 0.410 e. The zero-order valence-electron chi connectivity index (χ0n) is 22.9. The molecule has 0 radical (unpaired) electrons. The van der Waals surface area contributed by atoms with Crippen LogP contribution in [0.3, 0.4) is 0 Å². The minimum absolute atomic E-state index is 0.0439. The molecule has 2 aliphatic rings. The normalized spacial score (nSPS) is 16.5. The van der Waals surface area contributed by atoms with Gasteiger partial charge in [0.15, 0.2) is 5.82 Å². The summed E-state index contributed by atoms with van der Waals surface area (Å²) in [6, 6.07) is 6.89. The van der Waals surface area contributed by atoms with Crippen molar-refractivity contribution in [2.24, 2.45) is 5.92 Å². The van der Waals surface area contributed by atoms with Crippen molar-refractivity contribution in [3.8, 4) is 6.07 Å². The highest BCUT2D eigenvalue weighted by Gasteiger charge is 2.38. The highest BCUT2D eigenvalue weighted by molar-refractivity contribution is 6.35. The van der Waals surface area contributed by atoms with Crippen LogP contribution in [0.1, 0.15) is 56.7 Å². The van der Waals surface area contributed by atoms with Crippen LogP contribution in [0.5, 0.6) is 0 Å². The summed E-state index contributed by atoms with van der Waals surface area (Å²) in [7, 11) is 0. The Balaban J connectivity index is 1.57. The summed E-state index contributed by atoms with van der Waals surface area (Å²) in [5.74, 6) is 0.973. The van der Waals surface area contributed by atoms with E-state index in [0.717, 1.165) is 12.8 Å². The predicted molar refractivity (Wildman–Crippen MR) is 152 cm³/mol. The number of nitriles is 1. The Bertz CT molecular complexity index is 1560. The zero-order chi connectivity index (χ0) is 28.8. The van der Waals surface area contributed by atoms with Gasteiger partial charge in [-0.05, 0) is 58.6 Å². The molecule has 40 heavy (non-hydrogen) atoms. The number of nitrogens with one attached hydrogen (secondary N) is 1. The quantitative estimate of drug-likeness (QED) is 0.470. The Morgan fingerprint density at radius 2 is 1.90 bits per heavy atom. The molecule has 1 aliphatic heterocycles. The highest BCUT2D eigenvalue weighted by Crippen LogP contribution is 2.43. The van der Waals surface area contributed by atoms with Gasteiger partial charge in [-0.25, -0.2) is 19.4 Å². The van der Waals surface area contributed by atoms with E-state index in [9.17, 15) is 14.9 Å². The first kappa shape index (κ1) is 27.5. The summed E-state index contributed by atoms with van der Waals surface area (Å²) in [6.45, 7) is 8.66. The maximum atomic E-state index is 14.1. The molecule has 5 rings (SSSR count). The lowest BCUT2D eigenvalue weighted by Crippen LogP contribution is -2.57. The van der Waals surface area contributed by atoms with Gasteiger partial charge in [0.05, 0.1) is 40.8 Å². The molecule has 3 N–H and O–H groups in total. The van der Waals surface area contributed by atoms with Gasteiger partial charge in [-0.1, -0.05) is 17.7 Å². The van der Waals surface area contributed by atoms with E-state index >= 15 is 0 Å². The lowest BCUT2D eigenvalue weighted by Gasteiger charge is -2.38. The van der Waals surface area contributed by atoms with E-state index in [1.165, 1.54) is 0 Å². The summed E-state index contributed by atoms with van der Waals surface area (Å²) >= 11 is 6.49. The van der Waals surface area contributed by atoms with Crippen LogP contribution in [0, 0.1) is 24.2 Å². The molecule has 1 atom stereocenters. The molecule has 1 unspecified atom stereocenters. The number of anilines is 2. The second kappa shape index (κ2) is 10.5. The van der Waals surface area contributed by atoms with E-state index in [2.05, 4.69) is 21.4 Å². The third-order valence-corrected chi connectivity index (χ3v) is 7.24. The van der Waals surface area contributed by atoms with E-state index in [4.69, 9.17) is 27.1 Å². The molecule has 1 amide bonds. The number of carbonyl (C=O) groups is 1. The second-order valence-corrected chi connectivity index (χ2v) is 11.5. The summed E-state index contributed by atoms with van der Waals surface area (Å²) in [5, 5.41) is 15.7. The Labute approximate surface area is 236 Å². The molecule has 2 aromatic heterocycles. The van der Waals surface area contributed by atoms with Crippen molar-refractivity contribution in [1.82, 2.24) is 24.5 Å². The molecule has 0 spiro atoms. The predicted octanol–water partition coefficient (Wildman–Crippen LogP) is 3.35. The average molecular weight is 566 g/mol. The number of ether oxygens (including phenoxy) is 1. The number of amides is 1. The Kier molecular flexibility index (Phi) is 7.18. The lowest BCUT2D eigenvalue weighted by atomic mass is 10.1. The first-order valence-corrected chi connectivity index (χ1v) is 13.6. The van der Waals surface area contributed by atoms with E-state index in [-0.39, 0.29) is 23.0 Å². The monoisotopic (exact) mass is 565 g/mol. The van der Waals surface area contributed by atoms with Crippen LogP contribution in [-0.2, 0) is 4.74 Å². The van der Waals surface area contributed by atoms with Crippen molar-refractivity contribution in [3.63, 3.8) is 0 Å². The molecule has 210 valence electrons. The largest absolute Gasteiger partial charge is 0.444 e. The average Bonchev–Trinajstić information content (AvgIpc) is 3.71. The number of aryl methyl sites for hydroxylation is 1. The summed E-state index contributed by atoms with van der Waals surface area (Å²) in [6.07, 6.45) is 1.43. The number of nitrogen functional groups attached to an aromatic ring is 1. The number of hydrogen-bond acceptors (Lipinski definition) is 10. The van der Waals surface area contributed by atoms with Crippen molar-refractivity contribution < 1.29 is 9.53 Å².